The lowest BCUT2D eigenvalue weighted by atomic mass is 10.2. The van der Waals surface area contributed by atoms with Crippen LogP contribution in [0.4, 0.5) is 4.39 Å². The minimum Gasteiger partial charge on any atom is -0.354 e. The first-order valence-electron chi connectivity index (χ1n) is 6.69. The summed E-state index contributed by atoms with van der Waals surface area (Å²) in [6.07, 6.45) is 1.72. The van der Waals surface area contributed by atoms with Crippen LogP contribution < -0.4 is 10.6 Å². The summed E-state index contributed by atoms with van der Waals surface area (Å²) in [5.41, 5.74) is 0.807. The van der Waals surface area contributed by atoms with Crippen LogP contribution in [0.3, 0.4) is 0 Å². The Hall–Kier alpha value is -0.900. The van der Waals surface area contributed by atoms with Crippen LogP contribution in [-0.2, 0) is 16.4 Å². The molecular weight excluding hydrogens is 420 g/mol. The molecule has 0 aromatic heterocycles. The van der Waals surface area contributed by atoms with Gasteiger partial charge in [0.05, 0.1) is 5.75 Å². The molecule has 1 atom stereocenters. The van der Waals surface area contributed by atoms with Crippen molar-refractivity contribution >= 4 is 39.8 Å². The fraction of sp³-hybridized carbons (Fsp3) is 0.500. The van der Waals surface area contributed by atoms with Crippen molar-refractivity contribution in [3.05, 3.63) is 35.6 Å². The Kier molecular flexibility index (Phi) is 9.58. The largest absolute Gasteiger partial charge is 0.354 e. The molecule has 0 heterocycles. The van der Waals surface area contributed by atoms with E-state index < -0.39 is 9.84 Å². The first-order chi connectivity index (χ1) is 9.80. The minimum atomic E-state index is -2.96. The first kappa shape index (κ1) is 21.1. The summed E-state index contributed by atoms with van der Waals surface area (Å²) in [7, 11) is -1.33. The van der Waals surface area contributed by atoms with Crippen molar-refractivity contribution in [1.82, 2.24) is 10.6 Å². The van der Waals surface area contributed by atoms with Crippen molar-refractivity contribution in [3.8, 4) is 0 Å². The Morgan fingerprint density at radius 3 is 2.64 bits per heavy atom. The van der Waals surface area contributed by atoms with Crippen molar-refractivity contribution in [3.63, 3.8) is 0 Å². The highest BCUT2D eigenvalue weighted by Crippen LogP contribution is 2.03. The fourth-order valence-electron chi connectivity index (χ4n) is 1.72. The van der Waals surface area contributed by atoms with Gasteiger partial charge in [-0.25, -0.2) is 12.8 Å². The second-order valence-electron chi connectivity index (χ2n) is 5.02. The van der Waals surface area contributed by atoms with Gasteiger partial charge in [-0.1, -0.05) is 12.1 Å². The van der Waals surface area contributed by atoms with Crippen LogP contribution in [0.1, 0.15) is 18.9 Å². The number of sulfone groups is 1. The molecular formula is C14H23FIN3O2S. The molecule has 1 unspecified atom stereocenters. The van der Waals surface area contributed by atoms with Crippen LogP contribution >= 0.6 is 24.0 Å². The molecule has 1 rings (SSSR count). The van der Waals surface area contributed by atoms with Gasteiger partial charge in [0.2, 0.25) is 0 Å². The molecule has 1 aromatic carbocycles. The Morgan fingerprint density at radius 2 is 2.09 bits per heavy atom. The van der Waals surface area contributed by atoms with Gasteiger partial charge in [-0.15, -0.1) is 24.0 Å². The van der Waals surface area contributed by atoms with Gasteiger partial charge in [0.1, 0.15) is 15.7 Å². The molecule has 0 saturated heterocycles. The van der Waals surface area contributed by atoms with Gasteiger partial charge in [-0.05, 0) is 31.0 Å². The number of nitrogens with one attached hydrogen (secondary N) is 2. The van der Waals surface area contributed by atoms with Gasteiger partial charge < -0.3 is 10.6 Å². The maximum atomic E-state index is 13.1. The van der Waals surface area contributed by atoms with E-state index in [0.29, 0.717) is 18.9 Å². The van der Waals surface area contributed by atoms with Crippen LogP contribution in [0.2, 0.25) is 0 Å². The Morgan fingerprint density at radius 1 is 1.41 bits per heavy atom. The van der Waals surface area contributed by atoms with Gasteiger partial charge in [-0.2, -0.15) is 0 Å². The summed E-state index contributed by atoms with van der Waals surface area (Å²) in [6.45, 7) is 2.33. The molecule has 8 heteroatoms. The van der Waals surface area contributed by atoms with Gasteiger partial charge in [0.15, 0.2) is 5.96 Å². The highest BCUT2D eigenvalue weighted by Gasteiger charge is 2.09. The highest BCUT2D eigenvalue weighted by molar-refractivity contribution is 14.0. The standard InChI is InChI=1S/C14H22FN3O2S.HI/c1-11(7-8-21(3,19)20)18-14(16-2)17-10-12-5-4-6-13(15)9-12;/h4-6,9,11H,7-8,10H2,1-3H3,(H2,16,17,18);1H. The Labute approximate surface area is 148 Å². The molecule has 0 spiro atoms. The van der Waals surface area contributed by atoms with Crippen LogP contribution in [-0.4, -0.2) is 39.5 Å². The molecule has 2 N–H and O–H groups in total. The van der Waals surface area contributed by atoms with Crippen molar-refractivity contribution < 1.29 is 12.8 Å². The second-order valence-corrected chi connectivity index (χ2v) is 7.28. The van der Waals surface area contributed by atoms with E-state index in [1.165, 1.54) is 18.4 Å². The van der Waals surface area contributed by atoms with E-state index in [1.54, 1.807) is 13.1 Å². The summed E-state index contributed by atoms with van der Waals surface area (Å²) >= 11 is 0. The number of hydrogen-bond acceptors (Lipinski definition) is 3. The quantitative estimate of drug-likeness (QED) is 0.401. The average Bonchev–Trinajstić information content (AvgIpc) is 2.40. The summed E-state index contributed by atoms with van der Waals surface area (Å²) < 4.78 is 35.3. The van der Waals surface area contributed by atoms with Crippen molar-refractivity contribution in [2.75, 3.05) is 19.1 Å². The van der Waals surface area contributed by atoms with E-state index in [2.05, 4.69) is 15.6 Å². The lowest BCUT2D eigenvalue weighted by Gasteiger charge is -2.17. The number of nitrogens with zero attached hydrogens (tertiary/aromatic N) is 1. The smallest absolute Gasteiger partial charge is 0.191 e. The van der Waals surface area contributed by atoms with Gasteiger partial charge in [-0.3, -0.25) is 4.99 Å². The van der Waals surface area contributed by atoms with Gasteiger partial charge >= 0.3 is 0 Å². The maximum Gasteiger partial charge on any atom is 0.191 e. The zero-order valence-corrected chi connectivity index (χ0v) is 16.1. The third-order valence-electron chi connectivity index (χ3n) is 2.88. The Balaban J connectivity index is 0.00000441. The van der Waals surface area contributed by atoms with Crippen LogP contribution in [0, 0.1) is 5.82 Å². The third kappa shape index (κ3) is 9.19. The van der Waals surface area contributed by atoms with Crippen LogP contribution in [0.5, 0.6) is 0 Å². The summed E-state index contributed by atoms with van der Waals surface area (Å²) in [5.74, 6) is 0.404. The van der Waals surface area contributed by atoms with Crippen molar-refractivity contribution in [1.29, 1.82) is 0 Å². The number of hydrogen-bond donors (Lipinski definition) is 2. The predicted molar refractivity (Wildman–Crippen MR) is 98.9 cm³/mol. The summed E-state index contributed by atoms with van der Waals surface area (Å²) in [6, 6.07) is 6.28. The van der Waals surface area contributed by atoms with E-state index >= 15 is 0 Å². The second kappa shape index (κ2) is 9.98. The fourth-order valence-corrected chi connectivity index (χ4v) is 2.51. The van der Waals surface area contributed by atoms with E-state index in [0.717, 1.165) is 5.56 Å². The SMILES string of the molecule is CN=C(NCc1cccc(F)c1)NC(C)CCS(C)(=O)=O.I. The number of guanidine groups is 1. The maximum absolute atomic E-state index is 13.1. The van der Waals surface area contributed by atoms with Gasteiger partial charge in [0, 0.05) is 25.9 Å². The zero-order valence-electron chi connectivity index (χ0n) is 13.0. The molecule has 0 aliphatic rings. The number of halogens is 2. The predicted octanol–water partition coefficient (Wildman–Crippen LogP) is 1.93. The normalized spacial score (nSPS) is 13.2. The Bertz CT molecular complexity index is 594. The number of aliphatic imine (C=N–C) groups is 1. The molecule has 126 valence electrons. The summed E-state index contributed by atoms with van der Waals surface area (Å²) in [5, 5.41) is 6.17. The van der Waals surface area contributed by atoms with Crippen molar-refractivity contribution in [2.45, 2.75) is 25.9 Å². The van der Waals surface area contributed by atoms with E-state index in [4.69, 9.17) is 0 Å². The zero-order chi connectivity index (χ0) is 15.9. The lowest BCUT2D eigenvalue weighted by Crippen LogP contribution is -2.42. The number of benzene rings is 1. The number of rotatable bonds is 6. The molecule has 0 bridgehead atoms. The molecule has 0 aliphatic carbocycles. The molecule has 22 heavy (non-hydrogen) atoms. The van der Waals surface area contributed by atoms with Gasteiger partial charge in [0.25, 0.3) is 0 Å². The van der Waals surface area contributed by atoms with E-state index in [-0.39, 0.29) is 41.6 Å². The van der Waals surface area contributed by atoms with E-state index in [1.807, 2.05) is 13.0 Å². The molecule has 0 radical (unpaired) electrons. The molecule has 1 aromatic rings. The highest BCUT2D eigenvalue weighted by atomic mass is 127. The molecule has 0 amide bonds. The summed E-state index contributed by atoms with van der Waals surface area (Å²) in [4.78, 5) is 4.06. The first-order valence-corrected chi connectivity index (χ1v) is 8.75. The van der Waals surface area contributed by atoms with E-state index in [9.17, 15) is 12.8 Å². The lowest BCUT2D eigenvalue weighted by molar-refractivity contribution is 0.581. The van der Waals surface area contributed by atoms with Crippen molar-refractivity contribution in [2.24, 2.45) is 4.99 Å². The van der Waals surface area contributed by atoms with Crippen LogP contribution in [0.15, 0.2) is 29.3 Å². The topological polar surface area (TPSA) is 70.6 Å². The average molecular weight is 443 g/mol. The molecule has 0 aliphatic heterocycles. The third-order valence-corrected chi connectivity index (χ3v) is 3.85. The van der Waals surface area contributed by atoms with Crippen LogP contribution in [0.25, 0.3) is 0 Å². The molecule has 5 nitrogen and oxygen atoms in total. The molecule has 0 saturated carbocycles. The monoisotopic (exact) mass is 443 g/mol. The minimum absolute atomic E-state index is 0. The molecule has 0 fully saturated rings.